The summed E-state index contributed by atoms with van der Waals surface area (Å²) in [5.41, 5.74) is 2.19. The van der Waals surface area contributed by atoms with Crippen LogP contribution in [0.2, 0.25) is 0 Å². The molecular formula is C20H19N3O2. The van der Waals surface area contributed by atoms with Gasteiger partial charge in [0, 0.05) is 30.8 Å². The van der Waals surface area contributed by atoms with Crippen LogP contribution in [0.25, 0.3) is 6.08 Å². The number of hydrogen-bond donors (Lipinski definition) is 0. The highest BCUT2D eigenvalue weighted by atomic mass is 16.5. The van der Waals surface area contributed by atoms with Crippen molar-refractivity contribution in [2.75, 3.05) is 18.1 Å². The van der Waals surface area contributed by atoms with Gasteiger partial charge in [-0.1, -0.05) is 12.1 Å². The lowest BCUT2D eigenvalue weighted by Gasteiger charge is -2.24. The number of carbonyl (C=O) groups is 1. The molecule has 1 amide bonds. The first-order chi connectivity index (χ1) is 12.3. The normalized spacial score (nSPS) is 16.7. The van der Waals surface area contributed by atoms with Crippen LogP contribution in [0.5, 0.6) is 0 Å². The van der Waals surface area contributed by atoms with Gasteiger partial charge in [0.1, 0.15) is 0 Å². The molecule has 1 aliphatic rings. The summed E-state index contributed by atoms with van der Waals surface area (Å²) in [4.78, 5) is 18.5. The Kier molecular flexibility index (Phi) is 5.55. The molecule has 0 bridgehead atoms. The van der Waals surface area contributed by atoms with Gasteiger partial charge in [0.05, 0.1) is 24.3 Å². The molecule has 1 aromatic carbocycles. The van der Waals surface area contributed by atoms with Crippen LogP contribution >= 0.6 is 0 Å². The van der Waals surface area contributed by atoms with Gasteiger partial charge >= 0.3 is 0 Å². The molecule has 1 fully saturated rings. The van der Waals surface area contributed by atoms with E-state index in [0.717, 1.165) is 30.7 Å². The van der Waals surface area contributed by atoms with Gasteiger partial charge in [0.25, 0.3) is 5.91 Å². The minimum absolute atomic E-state index is 0.0624. The predicted molar refractivity (Wildman–Crippen MR) is 95.8 cm³/mol. The summed E-state index contributed by atoms with van der Waals surface area (Å²) in [6.45, 7) is 1.27. The second kappa shape index (κ2) is 8.22. The van der Waals surface area contributed by atoms with Gasteiger partial charge in [-0.15, -0.1) is 0 Å². The van der Waals surface area contributed by atoms with Crippen molar-refractivity contribution < 1.29 is 9.53 Å². The number of anilines is 1. The topological polar surface area (TPSA) is 66.2 Å². The van der Waals surface area contributed by atoms with E-state index in [1.54, 1.807) is 41.6 Å². The highest BCUT2D eigenvalue weighted by Gasteiger charge is 2.22. The second-order valence-corrected chi connectivity index (χ2v) is 5.86. The maximum atomic E-state index is 12.8. The Morgan fingerprint density at radius 1 is 1.36 bits per heavy atom. The first-order valence-electron chi connectivity index (χ1n) is 8.27. The fourth-order valence-electron chi connectivity index (χ4n) is 2.81. The van der Waals surface area contributed by atoms with Crippen LogP contribution in [0, 0.1) is 11.3 Å². The zero-order valence-electron chi connectivity index (χ0n) is 13.8. The summed E-state index contributed by atoms with van der Waals surface area (Å²) in [5, 5.41) is 8.97. The average Bonchev–Trinajstić information content (AvgIpc) is 3.18. The number of carbonyl (C=O) groups excluding carboxylic acids is 1. The van der Waals surface area contributed by atoms with Crippen LogP contribution in [0.1, 0.15) is 24.0 Å². The third-order valence-corrected chi connectivity index (χ3v) is 4.08. The Morgan fingerprint density at radius 2 is 2.20 bits per heavy atom. The molecule has 1 atom stereocenters. The Balaban J connectivity index is 1.78. The molecule has 25 heavy (non-hydrogen) atoms. The van der Waals surface area contributed by atoms with Gasteiger partial charge in [0.2, 0.25) is 0 Å². The molecule has 2 heterocycles. The molecule has 0 spiro atoms. The lowest BCUT2D eigenvalue weighted by Crippen LogP contribution is -2.36. The van der Waals surface area contributed by atoms with Gasteiger partial charge in [0.15, 0.2) is 0 Å². The average molecular weight is 333 g/mol. The first kappa shape index (κ1) is 16.9. The first-order valence-corrected chi connectivity index (χ1v) is 8.27. The molecule has 0 N–H and O–H groups in total. The summed E-state index contributed by atoms with van der Waals surface area (Å²) >= 11 is 0. The highest BCUT2D eigenvalue weighted by molar-refractivity contribution is 6.03. The molecule has 5 heteroatoms. The van der Waals surface area contributed by atoms with Gasteiger partial charge in [-0.25, -0.2) is 0 Å². The van der Waals surface area contributed by atoms with E-state index < -0.39 is 0 Å². The number of benzene rings is 1. The summed E-state index contributed by atoms with van der Waals surface area (Å²) < 4.78 is 5.68. The van der Waals surface area contributed by atoms with Crippen molar-refractivity contribution in [3.05, 3.63) is 66.0 Å². The summed E-state index contributed by atoms with van der Waals surface area (Å²) in [5.74, 6) is -0.121. The Morgan fingerprint density at radius 3 is 2.92 bits per heavy atom. The lowest BCUT2D eigenvalue weighted by atomic mass is 10.1. The molecule has 0 aliphatic carbocycles. The van der Waals surface area contributed by atoms with Crippen LogP contribution in [-0.4, -0.2) is 30.1 Å². The third kappa shape index (κ3) is 4.52. The fourth-order valence-corrected chi connectivity index (χ4v) is 2.81. The number of amides is 1. The van der Waals surface area contributed by atoms with Crippen molar-refractivity contribution >= 4 is 17.7 Å². The van der Waals surface area contributed by atoms with Crippen molar-refractivity contribution in [1.82, 2.24) is 4.98 Å². The van der Waals surface area contributed by atoms with E-state index in [4.69, 9.17) is 10.00 Å². The SMILES string of the molecule is N#Cc1cccc(/C=C/C(=O)N(C[C@H]2CCCO2)c2ccncc2)c1. The monoisotopic (exact) mass is 333 g/mol. The standard InChI is InChI=1S/C20H19N3O2/c21-14-17-4-1-3-16(13-17)6-7-20(24)23(15-19-5-2-12-25-19)18-8-10-22-11-9-18/h1,3-4,6-11,13,19H,2,5,12,15H2/b7-6+/t19-/m1/s1. The fraction of sp³-hybridized carbons (Fsp3) is 0.250. The number of hydrogen-bond acceptors (Lipinski definition) is 4. The predicted octanol–water partition coefficient (Wildman–Crippen LogP) is 3.18. The van der Waals surface area contributed by atoms with Gasteiger partial charge in [-0.05, 0) is 48.7 Å². The molecule has 0 unspecified atom stereocenters. The van der Waals surface area contributed by atoms with Crippen LogP contribution in [0.15, 0.2) is 54.9 Å². The molecule has 5 nitrogen and oxygen atoms in total. The lowest BCUT2D eigenvalue weighted by molar-refractivity contribution is -0.114. The zero-order valence-corrected chi connectivity index (χ0v) is 13.8. The minimum atomic E-state index is -0.121. The molecule has 3 rings (SSSR count). The van der Waals surface area contributed by atoms with Gasteiger partial charge < -0.3 is 9.64 Å². The molecule has 1 aliphatic heterocycles. The molecule has 0 radical (unpaired) electrons. The summed E-state index contributed by atoms with van der Waals surface area (Å²) in [6, 6.07) is 12.9. The number of aromatic nitrogens is 1. The number of pyridine rings is 1. The van der Waals surface area contributed by atoms with Crippen molar-refractivity contribution in [3.8, 4) is 6.07 Å². The van der Waals surface area contributed by atoms with E-state index in [0.29, 0.717) is 12.1 Å². The third-order valence-electron chi connectivity index (χ3n) is 4.08. The van der Waals surface area contributed by atoms with E-state index >= 15 is 0 Å². The van der Waals surface area contributed by atoms with Crippen LogP contribution < -0.4 is 4.90 Å². The largest absolute Gasteiger partial charge is 0.376 e. The van der Waals surface area contributed by atoms with Crippen molar-refractivity contribution in [1.29, 1.82) is 5.26 Å². The van der Waals surface area contributed by atoms with Gasteiger partial charge in [-0.2, -0.15) is 5.26 Å². The number of nitrogens with zero attached hydrogens (tertiary/aromatic N) is 3. The second-order valence-electron chi connectivity index (χ2n) is 5.86. The molecule has 2 aromatic rings. The summed E-state index contributed by atoms with van der Waals surface area (Å²) in [7, 11) is 0. The zero-order chi connectivity index (χ0) is 17.5. The Hall–Kier alpha value is -2.97. The van der Waals surface area contributed by atoms with Crippen molar-refractivity contribution in [3.63, 3.8) is 0 Å². The van der Waals surface area contributed by atoms with Crippen LogP contribution in [-0.2, 0) is 9.53 Å². The highest BCUT2D eigenvalue weighted by Crippen LogP contribution is 2.19. The number of nitriles is 1. The Labute approximate surface area is 147 Å². The quantitative estimate of drug-likeness (QED) is 0.788. The van der Waals surface area contributed by atoms with Crippen LogP contribution in [0.3, 0.4) is 0 Å². The number of ether oxygens (including phenoxy) is 1. The minimum Gasteiger partial charge on any atom is -0.376 e. The van der Waals surface area contributed by atoms with Crippen LogP contribution in [0.4, 0.5) is 5.69 Å². The molecule has 1 aromatic heterocycles. The van der Waals surface area contributed by atoms with Gasteiger partial charge in [-0.3, -0.25) is 9.78 Å². The van der Waals surface area contributed by atoms with E-state index in [1.807, 2.05) is 18.2 Å². The smallest absolute Gasteiger partial charge is 0.251 e. The van der Waals surface area contributed by atoms with E-state index in [9.17, 15) is 4.79 Å². The maximum Gasteiger partial charge on any atom is 0.251 e. The molecule has 126 valence electrons. The van der Waals surface area contributed by atoms with Crippen molar-refractivity contribution in [2.24, 2.45) is 0 Å². The maximum absolute atomic E-state index is 12.8. The number of rotatable bonds is 5. The van der Waals surface area contributed by atoms with E-state index in [1.165, 1.54) is 6.08 Å². The molecule has 0 saturated carbocycles. The summed E-state index contributed by atoms with van der Waals surface area (Å²) in [6.07, 6.45) is 8.66. The van der Waals surface area contributed by atoms with Crippen molar-refractivity contribution in [2.45, 2.75) is 18.9 Å². The Bertz CT molecular complexity index is 790. The van der Waals surface area contributed by atoms with E-state index in [-0.39, 0.29) is 12.0 Å². The molecule has 1 saturated heterocycles. The van der Waals surface area contributed by atoms with E-state index in [2.05, 4.69) is 11.1 Å². The molecular weight excluding hydrogens is 314 g/mol.